The van der Waals surface area contributed by atoms with Gasteiger partial charge in [-0.1, -0.05) is 56.7 Å². The third-order valence-electron chi connectivity index (χ3n) is 2.70. The van der Waals surface area contributed by atoms with Crippen molar-refractivity contribution in [1.29, 1.82) is 0 Å². The van der Waals surface area contributed by atoms with Gasteiger partial charge in [0.2, 0.25) is 0 Å². The Labute approximate surface area is 125 Å². The summed E-state index contributed by atoms with van der Waals surface area (Å²) in [6.45, 7) is 14.9. The molecular weight excluding hydrogens is 248 g/mol. The van der Waals surface area contributed by atoms with Crippen LogP contribution in [0.5, 0.6) is 0 Å². The maximum Gasteiger partial charge on any atom is -0.0132 e. The molecule has 0 unspecified atom stereocenters. The van der Waals surface area contributed by atoms with E-state index in [0.717, 1.165) is 4.91 Å². The van der Waals surface area contributed by atoms with Crippen molar-refractivity contribution in [2.75, 3.05) is 0 Å². The summed E-state index contributed by atoms with van der Waals surface area (Å²) in [6.07, 6.45) is 12.9. The summed E-state index contributed by atoms with van der Waals surface area (Å²) in [5.41, 5.74) is 3.94. The van der Waals surface area contributed by atoms with Gasteiger partial charge >= 0.3 is 0 Å². The van der Waals surface area contributed by atoms with E-state index in [2.05, 4.69) is 83.7 Å². The number of hydrogen-bond donors (Lipinski definition) is 1. The molecule has 0 rings (SSSR count). The van der Waals surface area contributed by atoms with E-state index in [1.807, 2.05) is 13.8 Å². The van der Waals surface area contributed by atoms with Gasteiger partial charge in [0, 0.05) is 0 Å². The Balaban J connectivity index is 5.40. The SMILES string of the molecule is C/C=C(\C=C(/C)S)/C=C(C)/C=C(\C=C\C)C(C)(C)C. The molecule has 19 heavy (non-hydrogen) atoms. The van der Waals surface area contributed by atoms with E-state index < -0.39 is 0 Å². The summed E-state index contributed by atoms with van der Waals surface area (Å²) in [4.78, 5) is 1.02. The Morgan fingerprint density at radius 1 is 0.947 bits per heavy atom. The van der Waals surface area contributed by atoms with Crippen LogP contribution in [0.3, 0.4) is 0 Å². The fourth-order valence-corrected chi connectivity index (χ4v) is 1.84. The molecular formula is C18H28S. The van der Waals surface area contributed by atoms with Gasteiger partial charge in [-0.05, 0) is 55.2 Å². The molecule has 0 bridgehead atoms. The van der Waals surface area contributed by atoms with E-state index >= 15 is 0 Å². The summed E-state index contributed by atoms with van der Waals surface area (Å²) in [7, 11) is 0. The first kappa shape index (κ1) is 18.0. The highest BCUT2D eigenvalue weighted by Gasteiger charge is 2.13. The van der Waals surface area contributed by atoms with Gasteiger partial charge in [-0.15, -0.1) is 12.6 Å². The molecule has 106 valence electrons. The third kappa shape index (κ3) is 7.94. The highest BCUT2D eigenvalue weighted by Crippen LogP contribution is 2.27. The maximum atomic E-state index is 4.33. The number of hydrogen-bond acceptors (Lipinski definition) is 1. The lowest BCUT2D eigenvalue weighted by Gasteiger charge is -2.20. The van der Waals surface area contributed by atoms with Crippen molar-refractivity contribution in [3.05, 3.63) is 58.1 Å². The van der Waals surface area contributed by atoms with Gasteiger partial charge in [-0.25, -0.2) is 0 Å². The summed E-state index contributed by atoms with van der Waals surface area (Å²) in [5.74, 6) is 0. The summed E-state index contributed by atoms with van der Waals surface area (Å²) in [5, 5.41) is 0. The molecule has 1 heteroatoms. The molecule has 0 saturated carbocycles. The van der Waals surface area contributed by atoms with Gasteiger partial charge in [-0.3, -0.25) is 0 Å². The van der Waals surface area contributed by atoms with Crippen molar-refractivity contribution in [2.24, 2.45) is 5.41 Å². The molecule has 0 nitrogen and oxygen atoms in total. The van der Waals surface area contributed by atoms with Crippen LogP contribution in [0.2, 0.25) is 0 Å². The molecule has 0 aromatic rings. The Bertz CT molecular complexity index is 431. The van der Waals surface area contributed by atoms with Gasteiger partial charge in [0.25, 0.3) is 0 Å². The predicted octanol–water partition coefficient (Wildman–Crippen LogP) is 6.26. The first-order valence-electron chi connectivity index (χ1n) is 6.77. The van der Waals surface area contributed by atoms with E-state index in [4.69, 9.17) is 0 Å². The molecule has 0 aliphatic rings. The van der Waals surface area contributed by atoms with Crippen molar-refractivity contribution >= 4 is 12.6 Å². The second-order valence-corrected chi connectivity index (χ2v) is 6.52. The van der Waals surface area contributed by atoms with Gasteiger partial charge in [0.1, 0.15) is 0 Å². The van der Waals surface area contributed by atoms with E-state index in [0.29, 0.717) is 0 Å². The zero-order valence-electron chi connectivity index (χ0n) is 13.4. The zero-order valence-corrected chi connectivity index (χ0v) is 14.3. The van der Waals surface area contributed by atoms with E-state index in [1.54, 1.807) is 0 Å². The third-order valence-corrected chi connectivity index (χ3v) is 2.83. The van der Waals surface area contributed by atoms with Crippen LogP contribution in [0.1, 0.15) is 48.5 Å². The lowest BCUT2D eigenvalue weighted by atomic mass is 9.85. The van der Waals surface area contributed by atoms with Crippen LogP contribution < -0.4 is 0 Å². The molecule has 0 heterocycles. The first-order valence-corrected chi connectivity index (χ1v) is 7.22. The van der Waals surface area contributed by atoms with Crippen LogP contribution in [-0.2, 0) is 0 Å². The topological polar surface area (TPSA) is 0 Å². The van der Waals surface area contributed by atoms with E-state index in [-0.39, 0.29) is 5.41 Å². The molecule has 0 aliphatic carbocycles. The fraction of sp³-hybridized carbons (Fsp3) is 0.444. The van der Waals surface area contributed by atoms with Crippen molar-refractivity contribution in [3.63, 3.8) is 0 Å². The Kier molecular flexibility index (Phi) is 7.85. The molecule has 0 spiro atoms. The number of allylic oxidation sites excluding steroid dienone is 10. The maximum absolute atomic E-state index is 4.33. The molecule has 0 N–H and O–H groups in total. The van der Waals surface area contributed by atoms with Crippen molar-refractivity contribution in [1.82, 2.24) is 0 Å². The van der Waals surface area contributed by atoms with Crippen LogP contribution in [-0.4, -0.2) is 0 Å². The summed E-state index contributed by atoms with van der Waals surface area (Å²) in [6, 6.07) is 0. The first-order chi connectivity index (χ1) is 8.70. The van der Waals surface area contributed by atoms with Crippen LogP contribution in [0.15, 0.2) is 58.1 Å². The fourth-order valence-electron chi connectivity index (χ4n) is 1.69. The second-order valence-electron chi connectivity index (χ2n) is 5.81. The average molecular weight is 276 g/mol. The average Bonchev–Trinajstić information content (AvgIpc) is 2.25. The van der Waals surface area contributed by atoms with E-state index in [1.165, 1.54) is 16.7 Å². The highest BCUT2D eigenvalue weighted by molar-refractivity contribution is 7.84. The van der Waals surface area contributed by atoms with Crippen LogP contribution in [0.25, 0.3) is 0 Å². The molecule has 0 aromatic heterocycles. The number of rotatable bonds is 4. The monoisotopic (exact) mass is 276 g/mol. The molecule has 0 aliphatic heterocycles. The standard InChI is InChI=1S/C18H28S/c1-8-10-17(18(5,6)7)12-14(3)11-16(9-2)13-15(4)19/h8-13,19H,1-7H3/b10-8+,14-11+,15-13+,16-9-,17-12+. The van der Waals surface area contributed by atoms with Gasteiger partial charge in [0.05, 0.1) is 0 Å². The molecule has 0 atom stereocenters. The molecule has 0 radical (unpaired) electrons. The minimum absolute atomic E-state index is 0.160. The van der Waals surface area contributed by atoms with Gasteiger partial charge < -0.3 is 0 Å². The normalized spacial score (nSPS) is 16.4. The minimum atomic E-state index is 0.160. The van der Waals surface area contributed by atoms with Crippen molar-refractivity contribution < 1.29 is 0 Å². The quantitative estimate of drug-likeness (QED) is 0.454. The van der Waals surface area contributed by atoms with Crippen LogP contribution in [0, 0.1) is 5.41 Å². The predicted molar refractivity (Wildman–Crippen MR) is 92.6 cm³/mol. The van der Waals surface area contributed by atoms with E-state index in [9.17, 15) is 0 Å². The van der Waals surface area contributed by atoms with Gasteiger partial charge in [0.15, 0.2) is 0 Å². The molecule has 0 saturated heterocycles. The Morgan fingerprint density at radius 3 is 1.89 bits per heavy atom. The molecule has 0 fully saturated rings. The smallest absolute Gasteiger partial charge is 0.0132 e. The van der Waals surface area contributed by atoms with Crippen molar-refractivity contribution in [2.45, 2.75) is 48.5 Å². The second kappa shape index (κ2) is 8.27. The minimum Gasteiger partial charge on any atom is -0.148 e. The lowest BCUT2D eigenvalue weighted by Crippen LogP contribution is -2.07. The molecule has 0 amide bonds. The number of thiol groups is 1. The van der Waals surface area contributed by atoms with Gasteiger partial charge in [-0.2, -0.15) is 0 Å². The summed E-state index contributed by atoms with van der Waals surface area (Å²) >= 11 is 4.33. The van der Waals surface area contributed by atoms with Crippen molar-refractivity contribution in [3.8, 4) is 0 Å². The lowest BCUT2D eigenvalue weighted by molar-refractivity contribution is 0.516. The zero-order chi connectivity index (χ0) is 15.1. The van der Waals surface area contributed by atoms with Crippen LogP contribution in [0.4, 0.5) is 0 Å². The molecule has 0 aromatic carbocycles. The highest BCUT2D eigenvalue weighted by atomic mass is 32.1. The summed E-state index contributed by atoms with van der Waals surface area (Å²) < 4.78 is 0. The Hall–Kier alpha value is -0.950. The van der Waals surface area contributed by atoms with Crippen LogP contribution >= 0.6 is 12.6 Å². The Morgan fingerprint density at radius 2 is 1.53 bits per heavy atom. The largest absolute Gasteiger partial charge is 0.148 e.